The number of amides is 2. The molecule has 0 spiro atoms. The second kappa shape index (κ2) is 11.0. The highest BCUT2D eigenvalue weighted by Crippen LogP contribution is 2.39. The summed E-state index contributed by atoms with van der Waals surface area (Å²) in [6, 6.07) is 34.8. The quantitative estimate of drug-likeness (QED) is 0.302. The molecule has 0 radical (unpaired) electrons. The Morgan fingerprint density at radius 3 is 2.03 bits per heavy atom. The molecule has 0 unspecified atom stereocenters. The van der Waals surface area contributed by atoms with Crippen molar-refractivity contribution in [3.63, 3.8) is 0 Å². The van der Waals surface area contributed by atoms with Crippen LogP contribution in [0, 0.1) is 0 Å². The Bertz CT molecular complexity index is 1290. The number of thioether (sulfide) groups is 1. The van der Waals surface area contributed by atoms with E-state index in [1.807, 2.05) is 114 Å². The van der Waals surface area contributed by atoms with Crippen molar-refractivity contribution in [1.82, 2.24) is 10.2 Å². The molecule has 0 saturated carbocycles. The number of benzene rings is 4. The van der Waals surface area contributed by atoms with Gasteiger partial charge in [0, 0.05) is 17.1 Å². The van der Waals surface area contributed by atoms with Crippen molar-refractivity contribution in [2.75, 3.05) is 5.75 Å². The van der Waals surface area contributed by atoms with Gasteiger partial charge in [-0.3, -0.25) is 9.59 Å². The van der Waals surface area contributed by atoms with Crippen LogP contribution in [0.5, 0.6) is 0 Å². The van der Waals surface area contributed by atoms with E-state index in [4.69, 9.17) is 11.6 Å². The van der Waals surface area contributed by atoms with Crippen LogP contribution in [0.15, 0.2) is 109 Å². The fourth-order valence-electron chi connectivity index (χ4n) is 4.35. The third kappa shape index (κ3) is 5.48. The van der Waals surface area contributed by atoms with Crippen LogP contribution in [0.2, 0.25) is 5.02 Å². The van der Waals surface area contributed by atoms with Crippen molar-refractivity contribution >= 4 is 35.2 Å². The first-order valence-electron chi connectivity index (χ1n) is 11.7. The molecule has 0 aromatic heterocycles. The molecule has 1 fully saturated rings. The third-order valence-electron chi connectivity index (χ3n) is 6.23. The van der Waals surface area contributed by atoms with Gasteiger partial charge in [0.25, 0.3) is 5.91 Å². The molecule has 1 saturated heterocycles. The van der Waals surface area contributed by atoms with Gasteiger partial charge in [-0.1, -0.05) is 96.5 Å². The Kier molecular flexibility index (Phi) is 7.40. The first-order valence-corrected chi connectivity index (χ1v) is 13.2. The predicted octanol–water partition coefficient (Wildman–Crippen LogP) is 6.63. The molecule has 2 amide bonds. The SMILES string of the molecule is O=C(NC(c1ccccc1)c1ccccc1)c1ccc([C@@H]2SCC(=O)N2Cc2ccc(Cl)cc2)cc1. The molecule has 180 valence electrons. The average Bonchev–Trinajstić information content (AvgIpc) is 3.29. The van der Waals surface area contributed by atoms with Crippen LogP contribution in [0.3, 0.4) is 0 Å². The first-order chi connectivity index (χ1) is 17.6. The predicted molar refractivity (Wildman–Crippen MR) is 146 cm³/mol. The molecule has 1 aliphatic rings. The van der Waals surface area contributed by atoms with Crippen LogP contribution in [0.25, 0.3) is 0 Å². The van der Waals surface area contributed by atoms with Crippen LogP contribution in [-0.2, 0) is 11.3 Å². The Morgan fingerprint density at radius 1 is 0.861 bits per heavy atom. The van der Waals surface area contributed by atoms with Gasteiger partial charge in [0.1, 0.15) is 5.37 Å². The number of nitrogens with zero attached hydrogens (tertiary/aromatic N) is 1. The summed E-state index contributed by atoms with van der Waals surface area (Å²) >= 11 is 7.61. The Labute approximate surface area is 220 Å². The molecule has 1 N–H and O–H groups in total. The number of carbonyl (C=O) groups is 2. The Hall–Kier alpha value is -3.54. The minimum Gasteiger partial charge on any atom is -0.341 e. The molecule has 5 rings (SSSR count). The van der Waals surface area contributed by atoms with Crippen LogP contribution >= 0.6 is 23.4 Å². The van der Waals surface area contributed by atoms with Gasteiger partial charge in [0.15, 0.2) is 0 Å². The van der Waals surface area contributed by atoms with E-state index in [1.165, 1.54) is 0 Å². The van der Waals surface area contributed by atoms with E-state index >= 15 is 0 Å². The number of halogens is 1. The molecule has 1 atom stereocenters. The van der Waals surface area contributed by atoms with Crippen LogP contribution in [0.1, 0.15) is 44.0 Å². The standard InChI is InChI=1S/C30H25ClN2O2S/c31-26-17-11-21(12-18-26)19-33-27(34)20-36-30(33)25-15-13-24(14-16-25)29(35)32-28(22-7-3-1-4-8-22)23-9-5-2-6-10-23/h1-18,28,30H,19-20H2,(H,32,35)/t30-/m0/s1. The summed E-state index contributed by atoms with van der Waals surface area (Å²) < 4.78 is 0. The highest BCUT2D eigenvalue weighted by atomic mass is 35.5. The highest BCUT2D eigenvalue weighted by molar-refractivity contribution is 8.00. The van der Waals surface area contributed by atoms with Crippen LogP contribution < -0.4 is 5.32 Å². The molecule has 36 heavy (non-hydrogen) atoms. The maximum absolute atomic E-state index is 13.2. The van der Waals surface area contributed by atoms with Gasteiger partial charge in [-0.15, -0.1) is 11.8 Å². The van der Waals surface area contributed by atoms with E-state index in [1.54, 1.807) is 11.8 Å². The number of rotatable bonds is 7. The number of hydrogen-bond donors (Lipinski definition) is 1. The summed E-state index contributed by atoms with van der Waals surface area (Å²) in [7, 11) is 0. The van der Waals surface area contributed by atoms with E-state index in [9.17, 15) is 9.59 Å². The van der Waals surface area contributed by atoms with Crippen molar-refractivity contribution < 1.29 is 9.59 Å². The summed E-state index contributed by atoms with van der Waals surface area (Å²) in [5, 5.41) is 3.77. The molecule has 4 aromatic carbocycles. The van der Waals surface area contributed by atoms with Crippen molar-refractivity contribution in [1.29, 1.82) is 0 Å². The van der Waals surface area contributed by atoms with Gasteiger partial charge in [0.05, 0.1) is 11.8 Å². The maximum atomic E-state index is 13.2. The van der Waals surface area contributed by atoms with Gasteiger partial charge in [-0.05, 0) is 46.5 Å². The maximum Gasteiger partial charge on any atom is 0.252 e. The smallest absolute Gasteiger partial charge is 0.252 e. The highest BCUT2D eigenvalue weighted by Gasteiger charge is 2.32. The Balaban J connectivity index is 1.32. The molecule has 0 bridgehead atoms. The normalized spacial score (nSPS) is 15.3. The monoisotopic (exact) mass is 512 g/mol. The fraction of sp³-hybridized carbons (Fsp3) is 0.133. The number of carbonyl (C=O) groups excluding carboxylic acids is 2. The summed E-state index contributed by atoms with van der Waals surface area (Å²) in [5.41, 5.74) is 4.65. The number of hydrogen-bond acceptors (Lipinski definition) is 3. The zero-order valence-corrected chi connectivity index (χ0v) is 21.1. The van der Waals surface area contributed by atoms with Crippen molar-refractivity contribution in [2.24, 2.45) is 0 Å². The minimum atomic E-state index is -0.252. The molecule has 1 heterocycles. The largest absolute Gasteiger partial charge is 0.341 e. The van der Waals surface area contributed by atoms with E-state index in [-0.39, 0.29) is 23.2 Å². The average molecular weight is 513 g/mol. The van der Waals surface area contributed by atoms with E-state index in [0.717, 1.165) is 22.3 Å². The second-order valence-corrected chi connectivity index (χ2v) is 10.2. The summed E-state index contributed by atoms with van der Waals surface area (Å²) in [6.07, 6.45) is 0. The van der Waals surface area contributed by atoms with E-state index < -0.39 is 0 Å². The Morgan fingerprint density at radius 2 is 1.44 bits per heavy atom. The van der Waals surface area contributed by atoms with Gasteiger partial charge in [-0.25, -0.2) is 0 Å². The minimum absolute atomic E-state index is 0.0910. The van der Waals surface area contributed by atoms with Crippen molar-refractivity contribution in [3.05, 3.63) is 142 Å². The fourth-order valence-corrected chi connectivity index (χ4v) is 5.67. The lowest BCUT2D eigenvalue weighted by atomic mass is 9.98. The first kappa shape index (κ1) is 24.2. The van der Waals surface area contributed by atoms with Gasteiger partial charge >= 0.3 is 0 Å². The van der Waals surface area contributed by atoms with Crippen LogP contribution in [0.4, 0.5) is 0 Å². The van der Waals surface area contributed by atoms with Crippen molar-refractivity contribution in [3.8, 4) is 0 Å². The summed E-state index contributed by atoms with van der Waals surface area (Å²) in [4.78, 5) is 27.7. The lowest BCUT2D eigenvalue weighted by molar-refractivity contribution is -0.128. The third-order valence-corrected chi connectivity index (χ3v) is 7.74. The zero-order chi connectivity index (χ0) is 24.9. The topological polar surface area (TPSA) is 49.4 Å². The van der Waals surface area contributed by atoms with Gasteiger partial charge < -0.3 is 10.2 Å². The number of nitrogens with one attached hydrogen (secondary N) is 1. The van der Waals surface area contributed by atoms with Gasteiger partial charge in [0.2, 0.25) is 5.91 Å². The lowest BCUT2D eigenvalue weighted by Gasteiger charge is -2.25. The molecular weight excluding hydrogens is 488 g/mol. The van der Waals surface area contributed by atoms with Gasteiger partial charge in [-0.2, -0.15) is 0 Å². The molecule has 0 aliphatic carbocycles. The molecular formula is C30H25ClN2O2S. The van der Waals surface area contributed by atoms with E-state index in [0.29, 0.717) is 22.9 Å². The van der Waals surface area contributed by atoms with E-state index in [2.05, 4.69) is 5.32 Å². The van der Waals surface area contributed by atoms with Crippen molar-refractivity contribution in [2.45, 2.75) is 18.0 Å². The zero-order valence-electron chi connectivity index (χ0n) is 19.5. The van der Waals surface area contributed by atoms with Crippen LogP contribution in [-0.4, -0.2) is 22.5 Å². The lowest BCUT2D eigenvalue weighted by Crippen LogP contribution is -2.29. The second-order valence-electron chi connectivity index (χ2n) is 8.66. The summed E-state index contributed by atoms with van der Waals surface area (Å²) in [5.74, 6) is 0.402. The molecule has 6 heteroatoms. The molecule has 1 aliphatic heterocycles. The molecule has 4 aromatic rings. The summed E-state index contributed by atoms with van der Waals surface area (Å²) in [6.45, 7) is 0.520. The molecule has 4 nitrogen and oxygen atoms in total.